The lowest BCUT2D eigenvalue weighted by molar-refractivity contribution is 0.102. The van der Waals surface area contributed by atoms with Gasteiger partial charge in [-0.05, 0) is 37.1 Å². The lowest BCUT2D eigenvalue weighted by atomic mass is 10.1. The van der Waals surface area contributed by atoms with Crippen LogP contribution in [-0.2, 0) is 13.5 Å². The molecule has 2 aromatic rings. The second-order valence-corrected chi connectivity index (χ2v) is 6.71. The third-order valence-corrected chi connectivity index (χ3v) is 4.51. The number of carbonyl (C=O) groups is 1. The second kappa shape index (κ2) is 6.43. The summed E-state index contributed by atoms with van der Waals surface area (Å²) in [6.07, 6.45) is 3.57. The minimum Gasteiger partial charge on any atom is -0.327 e. The molecule has 0 aliphatic carbocycles. The summed E-state index contributed by atoms with van der Waals surface area (Å²) in [6.45, 7) is 5.99. The van der Waals surface area contributed by atoms with Gasteiger partial charge in [0.05, 0.1) is 11.3 Å². The van der Waals surface area contributed by atoms with Crippen molar-refractivity contribution in [3.05, 3.63) is 39.6 Å². The Morgan fingerprint density at radius 2 is 2.19 bits per heavy atom. The third kappa shape index (κ3) is 3.53. The summed E-state index contributed by atoms with van der Waals surface area (Å²) in [5, 5.41) is 4.88. The van der Waals surface area contributed by atoms with Crippen molar-refractivity contribution in [1.29, 1.82) is 0 Å². The van der Waals surface area contributed by atoms with Gasteiger partial charge in [0.2, 0.25) is 0 Å². The van der Waals surface area contributed by atoms with E-state index in [9.17, 15) is 9.18 Å². The van der Waals surface area contributed by atoms with Crippen molar-refractivity contribution >= 4 is 22.9 Å². The van der Waals surface area contributed by atoms with Crippen molar-refractivity contribution in [2.75, 3.05) is 5.32 Å². The van der Waals surface area contributed by atoms with E-state index in [0.29, 0.717) is 17.0 Å². The molecule has 0 unspecified atom stereocenters. The van der Waals surface area contributed by atoms with E-state index in [-0.39, 0.29) is 11.9 Å². The maximum Gasteiger partial charge on any atom is 0.257 e. The Bertz CT molecular complexity index is 643. The van der Waals surface area contributed by atoms with Crippen molar-refractivity contribution in [3.63, 3.8) is 0 Å². The van der Waals surface area contributed by atoms with Gasteiger partial charge in [0.15, 0.2) is 5.95 Å². The number of halogens is 1. The monoisotopic (exact) mass is 308 g/mol. The number of rotatable bonds is 5. The van der Waals surface area contributed by atoms with Crippen LogP contribution in [0.15, 0.2) is 17.6 Å². The van der Waals surface area contributed by atoms with E-state index in [2.05, 4.69) is 19.2 Å². The molecule has 0 bridgehead atoms. The Kier molecular flexibility index (Phi) is 4.83. The Morgan fingerprint density at radius 3 is 2.76 bits per heavy atom. The van der Waals surface area contributed by atoms with E-state index in [4.69, 9.17) is 0 Å². The molecule has 1 amide bonds. The highest BCUT2D eigenvalue weighted by Gasteiger charge is 2.17. The zero-order valence-corrected chi connectivity index (χ0v) is 13.7. The molecule has 0 saturated heterocycles. The standard InChI is InChI=1S/C16H21FN2OS/c1-10(2)5-6-14-13(7-8-21-14)18-16(20)12-9-19(4)15(17)11(12)3/h7-10H,5-6H2,1-4H3,(H,18,20). The fourth-order valence-corrected chi connectivity index (χ4v) is 3.06. The number of carbonyl (C=O) groups excluding carboxylic acids is 1. The summed E-state index contributed by atoms with van der Waals surface area (Å²) in [4.78, 5) is 13.5. The van der Waals surface area contributed by atoms with E-state index in [1.54, 1.807) is 25.3 Å². The molecule has 2 aromatic heterocycles. The van der Waals surface area contributed by atoms with Crippen LogP contribution in [0.4, 0.5) is 10.1 Å². The quantitative estimate of drug-likeness (QED) is 0.874. The SMILES string of the molecule is Cc1c(C(=O)Nc2ccsc2CCC(C)C)cn(C)c1F. The molecule has 3 nitrogen and oxygen atoms in total. The first-order valence-corrected chi connectivity index (χ1v) is 7.97. The number of amides is 1. The van der Waals surface area contributed by atoms with E-state index >= 15 is 0 Å². The minimum atomic E-state index is -0.370. The highest BCUT2D eigenvalue weighted by Crippen LogP contribution is 2.26. The maximum atomic E-state index is 13.7. The highest BCUT2D eigenvalue weighted by molar-refractivity contribution is 7.10. The van der Waals surface area contributed by atoms with Crippen molar-refractivity contribution < 1.29 is 9.18 Å². The Labute approximate surface area is 128 Å². The fraction of sp³-hybridized carbons (Fsp3) is 0.438. The summed E-state index contributed by atoms with van der Waals surface area (Å²) in [6, 6.07) is 1.91. The molecule has 5 heteroatoms. The van der Waals surface area contributed by atoms with Crippen LogP contribution >= 0.6 is 11.3 Å². The average Bonchev–Trinajstić information content (AvgIpc) is 2.96. The van der Waals surface area contributed by atoms with Crippen molar-refractivity contribution in [2.24, 2.45) is 13.0 Å². The molecule has 114 valence electrons. The molecule has 21 heavy (non-hydrogen) atoms. The van der Waals surface area contributed by atoms with Crippen LogP contribution in [0.25, 0.3) is 0 Å². The smallest absolute Gasteiger partial charge is 0.257 e. The van der Waals surface area contributed by atoms with Crippen LogP contribution in [0.2, 0.25) is 0 Å². The van der Waals surface area contributed by atoms with Gasteiger partial charge in [0, 0.05) is 23.7 Å². The molecule has 0 aromatic carbocycles. The Morgan fingerprint density at radius 1 is 1.48 bits per heavy atom. The number of nitrogens with zero attached hydrogens (tertiary/aromatic N) is 1. The normalized spacial score (nSPS) is 11.1. The molecule has 0 fully saturated rings. The Hall–Kier alpha value is -1.62. The summed E-state index contributed by atoms with van der Waals surface area (Å²) in [5.74, 6) is 0.00260. The van der Waals surface area contributed by atoms with Crippen molar-refractivity contribution in [2.45, 2.75) is 33.6 Å². The molecule has 2 heterocycles. The lowest BCUT2D eigenvalue weighted by Crippen LogP contribution is -2.13. The van der Waals surface area contributed by atoms with E-state index < -0.39 is 0 Å². The minimum absolute atomic E-state index is 0.254. The third-order valence-electron chi connectivity index (χ3n) is 3.53. The first kappa shape index (κ1) is 15.8. The van der Waals surface area contributed by atoms with Gasteiger partial charge in [0.1, 0.15) is 0 Å². The van der Waals surface area contributed by atoms with Gasteiger partial charge in [-0.1, -0.05) is 13.8 Å². The van der Waals surface area contributed by atoms with E-state index in [1.807, 2.05) is 11.4 Å². The topological polar surface area (TPSA) is 34.0 Å². The van der Waals surface area contributed by atoms with Gasteiger partial charge in [0.25, 0.3) is 5.91 Å². The van der Waals surface area contributed by atoms with Crippen LogP contribution in [0.3, 0.4) is 0 Å². The van der Waals surface area contributed by atoms with Crippen LogP contribution in [0.1, 0.15) is 41.1 Å². The summed E-state index contributed by atoms with van der Waals surface area (Å²) in [7, 11) is 1.60. The lowest BCUT2D eigenvalue weighted by Gasteiger charge is -2.07. The predicted octanol–water partition coefficient (Wildman–Crippen LogP) is 4.38. The van der Waals surface area contributed by atoms with Crippen LogP contribution in [0.5, 0.6) is 0 Å². The number of hydrogen-bond donors (Lipinski definition) is 1. The van der Waals surface area contributed by atoms with Gasteiger partial charge in [-0.15, -0.1) is 11.3 Å². The van der Waals surface area contributed by atoms with E-state index in [1.165, 1.54) is 15.6 Å². The van der Waals surface area contributed by atoms with Crippen LogP contribution < -0.4 is 5.32 Å². The molecule has 0 radical (unpaired) electrons. The van der Waals surface area contributed by atoms with Crippen LogP contribution in [0, 0.1) is 18.8 Å². The first-order valence-electron chi connectivity index (χ1n) is 7.09. The molecule has 0 aliphatic heterocycles. The maximum absolute atomic E-state index is 13.7. The number of aryl methyl sites for hydroxylation is 2. The van der Waals surface area contributed by atoms with Gasteiger partial charge >= 0.3 is 0 Å². The van der Waals surface area contributed by atoms with Gasteiger partial charge in [-0.3, -0.25) is 4.79 Å². The summed E-state index contributed by atoms with van der Waals surface area (Å²) >= 11 is 1.65. The molecular formula is C16H21FN2OS. The van der Waals surface area contributed by atoms with Crippen LogP contribution in [-0.4, -0.2) is 10.5 Å². The number of nitrogens with one attached hydrogen (secondary N) is 1. The fourth-order valence-electron chi connectivity index (χ4n) is 2.21. The van der Waals surface area contributed by atoms with Gasteiger partial charge < -0.3 is 9.88 Å². The zero-order chi connectivity index (χ0) is 15.6. The molecule has 0 atom stereocenters. The molecule has 0 saturated carbocycles. The Balaban J connectivity index is 2.13. The van der Waals surface area contributed by atoms with E-state index in [0.717, 1.165) is 18.5 Å². The molecule has 1 N–H and O–H groups in total. The number of aromatic nitrogens is 1. The molecule has 0 aliphatic rings. The largest absolute Gasteiger partial charge is 0.327 e. The summed E-state index contributed by atoms with van der Waals surface area (Å²) < 4.78 is 15.0. The molecule has 0 spiro atoms. The van der Waals surface area contributed by atoms with Crippen molar-refractivity contribution in [1.82, 2.24) is 4.57 Å². The number of hydrogen-bond acceptors (Lipinski definition) is 2. The molecule has 2 rings (SSSR count). The molecular weight excluding hydrogens is 287 g/mol. The number of anilines is 1. The van der Waals surface area contributed by atoms with Gasteiger partial charge in [-0.25, -0.2) is 0 Å². The average molecular weight is 308 g/mol. The highest BCUT2D eigenvalue weighted by atomic mass is 32.1. The second-order valence-electron chi connectivity index (χ2n) is 5.71. The van der Waals surface area contributed by atoms with Crippen molar-refractivity contribution in [3.8, 4) is 0 Å². The zero-order valence-electron chi connectivity index (χ0n) is 12.9. The number of thiophene rings is 1. The predicted molar refractivity (Wildman–Crippen MR) is 85.5 cm³/mol. The summed E-state index contributed by atoms with van der Waals surface area (Å²) in [5.41, 5.74) is 1.61. The van der Waals surface area contributed by atoms with Gasteiger partial charge in [-0.2, -0.15) is 4.39 Å². The first-order chi connectivity index (χ1) is 9.90.